The summed E-state index contributed by atoms with van der Waals surface area (Å²) in [6.45, 7) is 4.13. The zero-order valence-corrected chi connectivity index (χ0v) is 14.8. The molecule has 1 aliphatic carbocycles. The number of rotatable bonds is 6. The van der Waals surface area contributed by atoms with Gasteiger partial charge < -0.3 is 10.5 Å². The Kier molecular flexibility index (Phi) is 4.88. The lowest BCUT2D eigenvalue weighted by Gasteiger charge is -2.27. The highest BCUT2D eigenvalue weighted by Gasteiger charge is 2.21. The van der Waals surface area contributed by atoms with E-state index in [-0.39, 0.29) is 0 Å². The van der Waals surface area contributed by atoms with Crippen molar-refractivity contribution in [2.24, 2.45) is 0 Å². The summed E-state index contributed by atoms with van der Waals surface area (Å²) in [5.74, 6) is 2.19. The topological polar surface area (TPSA) is 51.4 Å². The largest absolute Gasteiger partial charge is 0.492 e. The van der Waals surface area contributed by atoms with Crippen molar-refractivity contribution in [3.05, 3.63) is 42.0 Å². The maximum Gasteiger partial charge on any atom is 0.129 e. The molecular formula is C21H27N3O. The van der Waals surface area contributed by atoms with Gasteiger partial charge in [-0.1, -0.05) is 18.6 Å². The molecule has 0 amide bonds. The highest BCUT2D eigenvalue weighted by molar-refractivity contribution is 5.69. The van der Waals surface area contributed by atoms with Gasteiger partial charge in [0, 0.05) is 12.1 Å². The van der Waals surface area contributed by atoms with Gasteiger partial charge in [-0.3, -0.25) is 4.90 Å². The molecule has 25 heavy (non-hydrogen) atoms. The summed E-state index contributed by atoms with van der Waals surface area (Å²) in [7, 11) is 0. The van der Waals surface area contributed by atoms with E-state index < -0.39 is 0 Å². The van der Waals surface area contributed by atoms with Crippen LogP contribution in [0.25, 0.3) is 11.3 Å². The van der Waals surface area contributed by atoms with Crippen LogP contribution in [0.2, 0.25) is 0 Å². The molecule has 1 saturated heterocycles. The van der Waals surface area contributed by atoms with Crippen LogP contribution in [-0.2, 0) is 0 Å². The number of likely N-dealkylation sites (tertiary alicyclic amines) is 1. The van der Waals surface area contributed by atoms with Crippen LogP contribution in [0.3, 0.4) is 0 Å². The molecule has 1 aromatic carbocycles. The number of anilines is 1. The Morgan fingerprint density at radius 1 is 1.08 bits per heavy atom. The zero-order chi connectivity index (χ0) is 17.1. The van der Waals surface area contributed by atoms with Crippen LogP contribution in [0.5, 0.6) is 5.75 Å². The minimum Gasteiger partial charge on any atom is -0.492 e. The summed E-state index contributed by atoms with van der Waals surface area (Å²) in [6, 6.07) is 12.4. The van der Waals surface area contributed by atoms with Crippen molar-refractivity contribution in [1.82, 2.24) is 9.88 Å². The number of nitrogens with zero attached hydrogens (tertiary/aromatic N) is 2. The van der Waals surface area contributed by atoms with Crippen LogP contribution >= 0.6 is 0 Å². The second kappa shape index (κ2) is 7.44. The van der Waals surface area contributed by atoms with E-state index in [1.54, 1.807) is 0 Å². The van der Waals surface area contributed by atoms with Gasteiger partial charge in [0.05, 0.1) is 5.69 Å². The third-order valence-electron chi connectivity index (χ3n) is 5.49. The maximum atomic E-state index is 6.23. The highest BCUT2D eigenvalue weighted by Crippen LogP contribution is 2.40. The number of aromatic nitrogens is 1. The first kappa shape index (κ1) is 16.4. The first-order valence-corrected chi connectivity index (χ1v) is 9.51. The third kappa shape index (κ3) is 3.79. The zero-order valence-electron chi connectivity index (χ0n) is 14.8. The van der Waals surface area contributed by atoms with Crippen molar-refractivity contribution in [3.8, 4) is 17.0 Å². The lowest BCUT2D eigenvalue weighted by Crippen LogP contribution is -2.25. The molecule has 132 valence electrons. The van der Waals surface area contributed by atoms with Crippen LogP contribution in [0, 0.1) is 0 Å². The molecule has 2 heterocycles. The Bertz CT molecular complexity index is 721. The van der Waals surface area contributed by atoms with Crippen molar-refractivity contribution in [3.63, 3.8) is 0 Å². The first-order chi connectivity index (χ1) is 12.3. The Morgan fingerprint density at radius 3 is 2.64 bits per heavy atom. The summed E-state index contributed by atoms with van der Waals surface area (Å²) in [6.07, 6.45) is 6.56. The normalized spacial score (nSPS) is 18.2. The minimum absolute atomic E-state index is 0.545. The minimum atomic E-state index is 0.545. The van der Waals surface area contributed by atoms with Crippen LogP contribution in [0.1, 0.15) is 43.6 Å². The van der Waals surface area contributed by atoms with E-state index >= 15 is 0 Å². The van der Waals surface area contributed by atoms with Crippen molar-refractivity contribution in [2.45, 2.75) is 38.0 Å². The number of benzene rings is 1. The molecule has 4 heteroatoms. The monoisotopic (exact) mass is 337 g/mol. The summed E-state index contributed by atoms with van der Waals surface area (Å²) < 4.78 is 6.23. The second-order valence-corrected chi connectivity index (χ2v) is 7.23. The Labute approximate surface area is 150 Å². The maximum absolute atomic E-state index is 6.23. The molecule has 2 aliphatic rings. The van der Waals surface area contributed by atoms with E-state index in [1.807, 2.05) is 18.2 Å². The number of hydrogen-bond donors (Lipinski definition) is 1. The molecule has 1 aromatic heterocycles. The molecule has 1 aliphatic heterocycles. The van der Waals surface area contributed by atoms with Crippen molar-refractivity contribution in [1.29, 1.82) is 0 Å². The molecule has 4 rings (SSSR count). The van der Waals surface area contributed by atoms with Gasteiger partial charge in [0.15, 0.2) is 0 Å². The standard InChI is InChI=1S/C21H27N3O/c22-21-8-4-7-19(23-21)18-10-9-17(16-5-3-6-16)15-20(18)25-14-13-24-11-1-2-12-24/h4,7-10,15-16H,1-3,5-6,11-14H2,(H2,22,23). The van der Waals surface area contributed by atoms with E-state index in [9.17, 15) is 0 Å². The lowest BCUT2D eigenvalue weighted by molar-refractivity contribution is 0.238. The van der Waals surface area contributed by atoms with E-state index in [2.05, 4.69) is 28.1 Å². The quantitative estimate of drug-likeness (QED) is 0.863. The fraction of sp³-hybridized carbons (Fsp3) is 0.476. The molecule has 0 radical (unpaired) electrons. The van der Waals surface area contributed by atoms with E-state index in [4.69, 9.17) is 10.5 Å². The molecule has 0 spiro atoms. The third-order valence-corrected chi connectivity index (χ3v) is 5.49. The van der Waals surface area contributed by atoms with Crippen molar-refractivity contribution >= 4 is 5.82 Å². The van der Waals surface area contributed by atoms with Crippen molar-refractivity contribution in [2.75, 3.05) is 32.0 Å². The average Bonchev–Trinajstić information content (AvgIpc) is 3.07. The second-order valence-electron chi connectivity index (χ2n) is 7.23. The van der Waals surface area contributed by atoms with Gasteiger partial charge in [0.1, 0.15) is 18.2 Å². The molecule has 2 N–H and O–H groups in total. The smallest absolute Gasteiger partial charge is 0.129 e. The van der Waals surface area contributed by atoms with Gasteiger partial charge in [-0.2, -0.15) is 0 Å². The summed E-state index contributed by atoms with van der Waals surface area (Å²) >= 11 is 0. The fourth-order valence-corrected chi connectivity index (χ4v) is 3.76. The SMILES string of the molecule is Nc1cccc(-c2ccc(C3CCC3)cc2OCCN2CCCC2)n1. The number of ether oxygens (including phenoxy) is 1. The van der Waals surface area contributed by atoms with Crippen LogP contribution < -0.4 is 10.5 Å². The predicted molar refractivity (Wildman–Crippen MR) is 102 cm³/mol. The Balaban J connectivity index is 1.55. The van der Waals surface area contributed by atoms with Crippen molar-refractivity contribution < 1.29 is 4.74 Å². The molecule has 2 aromatic rings. The molecule has 0 unspecified atom stereocenters. The van der Waals surface area contributed by atoms with E-state index in [0.717, 1.165) is 30.2 Å². The summed E-state index contributed by atoms with van der Waals surface area (Å²) in [5, 5.41) is 0. The molecule has 1 saturated carbocycles. The number of pyridine rings is 1. The summed E-state index contributed by atoms with van der Waals surface area (Å²) in [5.41, 5.74) is 9.20. The van der Waals surface area contributed by atoms with Gasteiger partial charge in [-0.15, -0.1) is 0 Å². The fourth-order valence-electron chi connectivity index (χ4n) is 3.76. The molecule has 0 bridgehead atoms. The average molecular weight is 337 g/mol. The van der Waals surface area contributed by atoms with Crippen LogP contribution in [-0.4, -0.2) is 36.1 Å². The lowest BCUT2D eigenvalue weighted by atomic mass is 9.79. The Hall–Kier alpha value is -2.07. The molecule has 0 atom stereocenters. The van der Waals surface area contributed by atoms with Gasteiger partial charge in [0.25, 0.3) is 0 Å². The molecule has 2 fully saturated rings. The predicted octanol–water partition coefficient (Wildman–Crippen LogP) is 4.07. The number of hydrogen-bond acceptors (Lipinski definition) is 4. The van der Waals surface area contributed by atoms with Gasteiger partial charge in [-0.05, 0) is 74.5 Å². The van der Waals surface area contributed by atoms with E-state index in [1.165, 1.54) is 50.8 Å². The van der Waals surface area contributed by atoms with Gasteiger partial charge in [-0.25, -0.2) is 4.98 Å². The molecule has 4 nitrogen and oxygen atoms in total. The first-order valence-electron chi connectivity index (χ1n) is 9.51. The Morgan fingerprint density at radius 2 is 1.92 bits per heavy atom. The highest BCUT2D eigenvalue weighted by atomic mass is 16.5. The van der Waals surface area contributed by atoms with Crippen LogP contribution in [0.15, 0.2) is 36.4 Å². The number of nitrogen functional groups attached to an aromatic ring is 1. The van der Waals surface area contributed by atoms with Gasteiger partial charge in [0.2, 0.25) is 0 Å². The van der Waals surface area contributed by atoms with Gasteiger partial charge >= 0.3 is 0 Å². The molecular weight excluding hydrogens is 310 g/mol. The van der Waals surface area contributed by atoms with Crippen LogP contribution in [0.4, 0.5) is 5.82 Å². The van der Waals surface area contributed by atoms with E-state index in [0.29, 0.717) is 11.7 Å². The summed E-state index contributed by atoms with van der Waals surface area (Å²) in [4.78, 5) is 6.97. The number of nitrogens with two attached hydrogens (primary N) is 1.